The Kier molecular flexibility index (Phi) is 7.11. The number of ether oxygens (including phenoxy) is 2. The Balaban J connectivity index is 2.03. The number of carbonyl (C=O) groups excluding carboxylic acids is 1. The first-order valence-electron chi connectivity index (χ1n) is 9.56. The monoisotopic (exact) mass is 388 g/mol. The number of aromatic nitrogens is 1. The molecule has 1 atom stereocenters. The van der Waals surface area contributed by atoms with E-state index >= 15 is 0 Å². The topological polar surface area (TPSA) is 60.8 Å². The van der Waals surface area contributed by atoms with Crippen LogP contribution in [0.5, 0.6) is 5.88 Å². The standard InChI is InChI=1S/C24H24N2O3/c1-3-29-24(27)21(17-20-15-10-16-22(25-20)28-2)26-23(18-11-6-4-7-12-18)19-13-8-5-9-14-19/h4-16,21H,3,17H2,1-2H3/t21-/m0/s1. The van der Waals surface area contributed by atoms with Gasteiger partial charge < -0.3 is 9.47 Å². The van der Waals surface area contributed by atoms with E-state index in [-0.39, 0.29) is 5.97 Å². The number of nitrogens with zero attached hydrogens (tertiary/aromatic N) is 2. The zero-order chi connectivity index (χ0) is 20.5. The van der Waals surface area contributed by atoms with Crippen LogP contribution < -0.4 is 4.74 Å². The van der Waals surface area contributed by atoms with Gasteiger partial charge in [-0.3, -0.25) is 4.99 Å². The summed E-state index contributed by atoms with van der Waals surface area (Å²) in [5.74, 6) is 0.127. The van der Waals surface area contributed by atoms with E-state index in [0.717, 1.165) is 16.8 Å². The normalized spacial score (nSPS) is 11.4. The van der Waals surface area contributed by atoms with Crippen LogP contribution in [0.4, 0.5) is 0 Å². The summed E-state index contributed by atoms with van der Waals surface area (Å²) in [5, 5.41) is 0. The van der Waals surface area contributed by atoms with Crippen LogP contribution in [0.2, 0.25) is 0 Å². The Morgan fingerprint density at radius 3 is 2.10 bits per heavy atom. The molecule has 0 saturated carbocycles. The number of benzene rings is 2. The van der Waals surface area contributed by atoms with Crippen LogP contribution in [0.15, 0.2) is 83.9 Å². The van der Waals surface area contributed by atoms with E-state index in [1.165, 1.54) is 0 Å². The van der Waals surface area contributed by atoms with Gasteiger partial charge >= 0.3 is 5.97 Å². The number of pyridine rings is 1. The highest BCUT2D eigenvalue weighted by molar-refractivity contribution is 6.13. The predicted octanol–water partition coefficient (Wildman–Crippen LogP) is 4.10. The van der Waals surface area contributed by atoms with Gasteiger partial charge in [0.15, 0.2) is 6.04 Å². The van der Waals surface area contributed by atoms with Crippen LogP contribution in [0.1, 0.15) is 23.7 Å². The van der Waals surface area contributed by atoms with Gasteiger partial charge in [-0.05, 0) is 13.0 Å². The molecule has 29 heavy (non-hydrogen) atoms. The summed E-state index contributed by atoms with van der Waals surface area (Å²) in [4.78, 5) is 22.0. The Bertz CT molecular complexity index is 915. The maximum atomic E-state index is 12.7. The molecule has 0 bridgehead atoms. The highest BCUT2D eigenvalue weighted by Gasteiger charge is 2.22. The first kappa shape index (κ1) is 20.3. The second-order valence-electron chi connectivity index (χ2n) is 6.35. The van der Waals surface area contributed by atoms with E-state index in [9.17, 15) is 4.79 Å². The molecular weight excluding hydrogens is 364 g/mol. The minimum atomic E-state index is -0.718. The van der Waals surface area contributed by atoms with E-state index < -0.39 is 6.04 Å². The quantitative estimate of drug-likeness (QED) is 0.431. The minimum Gasteiger partial charge on any atom is -0.481 e. The van der Waals surface area contributed by atoms with Gasteiger partial charge in [0, 0.05) is 29.3 Å². The summed E-state index contributed by atoms with van der Waals surface area (Å²) >= 11 is 0. The lowest BCUT2D eigenvalue weighted by atomic mass is 10.0. The predicted molar refractivity (Wildman–Crippen MR) is 113 cm³/mol. The third-order valence-corrected chi connectivity index (χ3v) is 4.33. The molecule has 0 fully saturated rings. The van der Waals surface area contributed by atoms with E-state index in [4.69, 9.17) is 14.5 Å². The van der Waals surface area contributed by atoms with Crippen LogP contribution in [0, 0.1) is 0 Å². The van der Waals surface area contributed by atoms with Crippen molar-refractivity contribution in [2.24, 2.45) is 4.99 Å². The van der Waals surface area contributed by atoms with Crippen LogP contribution in [0.3, 0.4) is 0 Å². The molecule has 3 aromatic rings. The summed E-state index contributed by atoms with van der Waals surface area (Å²) in [5.41, 5.74) is 3.33. The minimum absolute atomic E-state index is 0.294. The van der Waals surface area contributed by atoms with Crippen molar-refractivity contribution in [1.29, 1.82) is 0 Å². The summed E-state index contributed by atoms with van der Waals surface area (Å²) in [7, 11) is 1.57. The number of aliphatic imine (C=N–C) groups is 1. The Labute approximate surface area is 171 Å². The summed E-state index contributed by atoms with van der Waals surface area (Å²) < 4.78 is 10.5. The third-order valence-electron chi connectivity index (χ3n) is 4.33. The van der Waals surface area contributed by atoms with Crippen molar-refractivity contribution >= 4 is 11.7 Å². The number of methoxy groups -OCH3 is 1. The molecule has 3 rings (SSSR count). The lowest BCUT2D eigenvalue weighted by Gasteiger charge is -2.15. The van der Waals surface area contributed by atoms with Gasteiger partial charge in [0.1, 0.15) is 0 Å². The van der Waals surface area contributed by atoms with Gasteiger partial charge in [0.05, 0.1) is 19.4 Å². The maximum Gasteiger partial charge on any atom is 0.331 e. The van der Waals surface area contributed by atoms with Crippen molar-refractivity contribution in [1.82, 2.24) is 4.98 Å². The number of esters is 1. The molecular formula is C24H24N2O3. The van der Waals surface area contributed by atoms with Crippen LogP contribution in [0.25, 0.3) is 0 Å². The molecule has 2 aromatic carbocycles. The van der Waals surface area contributed by atoms with Gasteiger partial charge in [-0.15, -0.1) is 0 Å². The fourth-order valence-corrected chi connectivity index (χ4v) is 2.97. The smallest absolute Gasteiger partial charge is 0.331 e. The summed E-state index contributed by atoms with van der Waals surface area (Å²) in [6, 6.07) is 24.4. The SMILES string of the molecule is CCOC(=O)[C@H](Cc1cccc(OC)n1)N=C(c1ccccc1)c1ccccc1. The Morgan fingerprint density at radius 2 is 1.55 bits per heavy atom. The molecule has 0 aliphatic heterocycles. The molecule has 148 valence electrons. The van der Waals surface area contributed by atoms with Crippen molar-refractivity contribution in [3.05, 3.63) is 95.7 Å². The zero-order valence-electron chi connectivity index (χ0n) is 16.6. The van der Waals surface area contributed by atoms with Gasteiger partial charge in [0.25, 0.3) is 0 Å². The van der Waals surface area contributed by atoms with Gasteiger partial charge in [-0.2, -0.15) is 0 Å². The number of hydrogen-bond donors (Lipinski definition) is 0. The molecule has 1 heterocycles. The van der Waals surface area contributed by atoms with Crippen LogP contribution >= 0.6 is 0 Å². The average Bonchev–Trinajstić information content (AvgIpc) is 2.78. The van der Waals surface area contributed by atoms with Crippen molar-refractivity contribution in [2.45, 2.75) is 19.4 Å². The van der Waals surface area contributed by atoms with Crippen molar-refractivity contribution in [2.75, 3.05) is 13.7 Å². The molecule has 0 unspecified atom stereocenters. The second kappa shape index (κ2) is 10.2. The Morgan fingerprint density at radius 1 is 0.931 bits per heavy atom. The first-order valence-corrected chi connectivity index (χ1v) is 9.56. The molecule has 0 radical (unpaired) electrons. The number of rotatable bonds is 8. The lowest BCUT2D eigenvalue weighted by molar-refractivity contribution is -0.144. The van der Waals surface area contributed by atoms with E-state index in [0.29, 0.717) is 24.6 Å². The number of carbonyl (C=O) groups is 1. The van der Waals surface area contributed by atoms with Gasteiger partial charge in [-0.25, -0.2) is 9.78 Å². The zero-order valence-corrected chi connectivity index (χ0v) is 16.6. The summed E-state index contributed by atoms with van der Waals surface area (Å²) in [6.07, 6.45) is 0.319. The fourth-order valence-electron chi connectivity index (χ4n) is 2.97. The lowest BCUT2D eigenvalue weighted by Crippen LogP contribution is -2.26. The molecule has 0 spiro atoms. The fraction of sp³-hybridized carbons (Fsp3) is 0.208. The summed E-state index contributed by atoms with van der Waals surface area (Å²) in [6.45, 7) is 2.08. The first-order chi connectivity index (χ1) is 14.2. The van der Waals surface area contributed by atoms with Gasteiger partial charge in [-0.1, -0.05) is 66.7 Å². The molecule has 5 heteroatoms. The average molecular weight is 388 g/mol. The molecule has 5 nitrogen and oxygen atoms in total. The second-order valence-corrected chi connectivity index (χ2v) is 6.35. The Hall–Kier alpha value is -3.47. The molecule has 0 aliphatic carbocycles. The third kappa shape index (κ3) is 5.51. The van der Waals surface area contributed by atoms with E-state index in [1.54, 1.807) is 20.1 Å². The largest absolute Gasteiger partial charge is 0.481 e. The number of hydrogen-bond acceptors (Lipinski definition) is 5. The molecule has 0 N–H and O–H groups in total. The van der Waals surface area contributed by atoms with Crippen molar-refractivity contribution in [3.8, 4) is 5.88 Å². The van der Waals surface area contributed by atoms with Crippen LogP contribution in [-0.2, 0) is 16.0 Å². The van der Waals surface area contributed by atoms with Gasteiger partial charge in [0.2, 0.25) is 5.88 Å². The van der Waals surface area contributed by atoms with E-state index in [1.807, 2.05) is 72.8 Å². The molecule has 0 aliphatic rings. The van der Waals surface area contributed by atoms with Crippen molar-refractivity contribution < 1.29 is 14.3 Å². The van der Waals surface area contributed by atoms with Crippen molar-refractivity contribution in [3.63, 3.8) is 0 Å². The highest BCUT2D eigenvalue weighted by Crippen LogP contribution is 2.16. The molecule has 0 saturated heterocycles. The highest BCUT2D eigenvalue weighted by atomic mass is 16.5. The molecule has 1 aromatic heterocycles. The van der Waals surface area contributed by atoms with Crippen LogP contribution in [-0.4, -0.2) is 36.4 Å². The van der Waals surface area contributed by atoms with E-state index in [2.05, 4.69) is 4.98 Å². The molecule has 0 amide bonds. The maximum absolute atomic E-state index is 12.7.